The lowest BCUT2D eigenvalue weighted by atomic mass is 9.96. The fourth-order valence-corrected chi connectivity index (χ4v) is 2.81. The van der Waals surface area contributed by atoms with Gasteiger partial charge in [-0.1, -0.05) is 20.8 Å². The second kappa shape index (κ2) is 8.02. The predicted molar refractivity (Wildman–Crippen MR) is 70.3 cm³/mol. The van der Waals surface area contributed by atoms with Gasteiger partial charge < -0.3 is 4.74 Å². The molecule has 2 unspecified atom stereocenters. The number of nitrogens with one attached hydrogen (secondary N) is 1. The second-order valence-corrected chi connectivity index (χ2v) is 7.07. The molecule has 0 aliphatic heterocycles. The van der Waals surface area contributed by atoms with Crippen LogP contribution in [0, 0.1) is 5.92 Å². The average Bonchev–Trinajstić information content (AvgIpc) is 2.27. The first-order valence-corrected chi connectivity index (χ1v) is 7.89. The monoisotopic (exact) mass is 266 g/mol. The van der Waals surface area contributed by atoms with Gasteiger partial charge in [0, 0.05) is 18.9 Å². The first-order valence-electron chi connectivity index (χ1n) is 6.07. The normalized spacial score (nSPS) is 16.1. The van der Waals surface area contributed by atoms with Crippen molar-refractivity contribution in [1.82, 2.24) is 5.43 Å². The van der Waals surface area contributed by atoms with Crippen LogP contribution >= 0.6 is 0 Å². The van der Waals surface area contributed by atoms with Crippen LogP contribution in [0.2, 0.25) is 0 Å². The molecule has 0 aromatic carbocycles. The van der Waals surface area contributed by atoms with Crippen molar-refractivity contribution >= 4 is 9.84 Å². The molecule has 0 spiro atoms. The number of nitrogens with two attached hydrogens (primary N) is 1. The Morgan fingerprint density at radius 2 is 1.94 bits per heavy atom. The van der Waals surface area contributed by atoms with E-state index in [2.05, 4.69) is 19.3 Å². The van der Waals surface area contributed by atoms with Crippen LogP contribution in [-0.4, -0.2) is 39.2 Å². The highest BCUT2D eigenvalue weighted by Crippen LogP contribution is 2.14. The van der Waals surface area contributed by atoms with Gasteiger partial charge in [0.25, 0.3) is 0 Å². The van der Waals surface area contributed by atoms with Gasteiger partial charge in [0.1, 0.15) is 9.84 Å². The maximum Gasteiger partial charge on any atom is 0.150 e. The molecule has 2 atom stereocenters. The minimum Gasteiger partial charge on any atom is -0.380 e. The third-order valence-corrected chi connectivity index (χ3v) is 4.74. The Hall–Kier alpha value is -0.170. The molecule has 3 N–H and O–H groups in total. The SMILES string of the molecule is CCS(=O)(=O)CCCC(NN)C(OC)C(C)C. The van der Waals surface area contributed by atoms with Crippen LogP contribution in [0.4, 0.5) is 0 Å². The van der Waals surface area contributed by atoms with Crippen molar-refractivity contribution in [3.05, 3.63) is 0 Å². The van der Waals surface area contributed by atoms with Crippen molar-refractivity contribution in [2.75, 3.05) is 18.6 Å². The highest BCUT2D eigenvalue weighted by Gasteiger charge is 2.23. The van der Waals surface area contributed by atoms with Gasteiger partial charge in [-0.3, -0.25) is 11.3 Å². The van der Waals surface area contributed by atoms with Gasteiger partial charge in [-0.2, -0.15) is 0 Å². The molecule has 6 heteroatoms. The first-order chi connectivity index (χ1) is 7.87. The van der Waals surface area contributed by atoms with Crippen molar-refractivity contribution in [2.24, 2.45) is 11.8 Å². The second-order valence-electron chi connectivity index (χ2n) is 4.60. The van der Waals surface area contributed by atoms with E-state index in [1.54, 1.807) is 14.0 Å². The van der Waals surface area contributed by atoms with Gasteiger partial charge in [-0.15, -0.1) is 0 Å². The molecule has 0 heterocycles. The van der Waals surface area contributed by atoms with Crippen LogP contribution < -0.4 is 11.3 Å². The third kappa shape index (κ3) is 6.35. The van der Waals surface area contributed by atoms with Crippen LogP contribution in [0.1, 0.15) is 33.6 Å². The maximum absolute atomic E-state index is 11.4. The van der Waals surface area contributed by atoms with Crippen LogP contribution in [0.3, 0.4) is 0 Å². The number of hydrogen-bond acceptors (Lipinski definition) is 5. The molecular weight excluding hydrogens is 240 g/mol. The fraction of sp³-hybridized carbons (Fsp3) is 1.00. The highest BCUT2D eigenvalue weighted by atomic mass is 32.2. The molecule has 5 nitrogen and oxygen atoms in total. The number of rotatable bonds is 9. The summed E-state index contributed by atoms with van der Waals surface area (Å²) in [5.41, 5.74) is 2.72. The van der Waals surface area contributed by atoms with Crippen molar-refractivity contribution in [3.8, 4) is 0 Å². The van der Waals surface area contributed by atoms with Crippen molar-refractivity contribution < 1.29 is 13.2 Å². The number of hydrogen-bond donors (Lipinski definition) is 2. The van der Waals surface area contributed by atoms with Gasteiger partial charge in [0.05, 0.1) is 11.9 Å². The Morgan fingerprint density at radius 1 is 1.35 bits per heavy atom. The molecule has 0 aliphatic rings. The molecule has 0 rings (SSSR count). The summed E-state index contributed by atoms with van der Waals surface area (Å²) in [5, 5.41) is 0. The smallest absolute Gasteiger partial charge is 0.150 e. The largest absolute Gasteiger partial charge is 0.380 e. The zero-order valence-electron chi connectivity index (χ0n) is 11.3. The van der Waals surface area contributed by atoms with Crippen LogP contribution in [-0.2, 0) is 14.6 Å². The number of hydrazine groups is 1. The molecule has 104 valence electrons. The molecule has 0 aliphatic carbocycles. The van der Waals surface area contributed by atoms with E-state index in [1.807, 2.05) is 0 Å². The Bertz CT molecular complexity index is 291. The quantitative estimate of drug-likeness (QED) is 0.474. The van der Waals surface area contributed by atoms with Crippen LogP contribution in [0.5, 0.6) is 0 Å². The van der Waals surface area contributed by atoms with Gasteiger partial charge in [0.2, 0.25) is 0 Å². The molecular formula is C11H26N2O3S. The number of ether oxygens (including phenoxy) is 1. The van der Waals surface area contributed by atoms with Crippen LogP contribution in [0.15, 0.2) is 0 Å². The summed E-state index contributed by atoms with van der Waals surface area (Å²) in [6.45, 7) is 5.78. The predicted octanol–water partition coefficient (Wildman–Crippen LogP) is 0.704. The molecule has 0 aromatic heterocycles. The summed E-state index contributed by atoms with van der Waals surface area (Å²) in [4.78, 5) is 0. The summed E-state index contributed by atoms with van der Waals surface area (Å²) in [6.07, 6.45) is 1.31. The fourth-order valence-electron chi connectivity index (χ4n) is 1.91. The molecule has 0 radical (unpaired) electrons. The topological polar surface area (TPSA) is 81.4 Å². The highest BCUT2D eigenvalue weighted by molar-refractivity contribution is 7.91. The molecule has 0 saturated carbocycles. The van der Waals surface area contributed by atoms with E-state index in [0.29, 0.717) is 18.8 Å². The minimum atomic E-state index is -2.89. The van der Waals surface area contributed by atoms with E-state index in [1.165, 1.54) is 0 Å². The lowest BCUT2D eigenvalue weighted by Gasteiger charge is -2.28. The zero-order chi connectivity index (χ0) is 13.5. The van der Waals surface area contributed by atoms with E-state index < -0.39 is 9.84 Å². The summed E-state index contributed by atoms with van der Waals surface area (Å²) >= 11 is 0. The zero-order valence-corrected chi connectivity index (χ0v) is 12.1. The molecule has 0 saturated heterocycles. The summed E-state index contributed by atoms with van der Waals surface area (Å²) < 4.78 is 28.1. The number of methoxy groups -OCH3 is 1. The van der Waals surface area contributed by atoms with Gasteiger partial charge in [-0.05, 0) is 18.8 Å². The standard InChI is InChI=1S/C11H26N2O3S/c1-5-17(14,15)8-6-7-10(13-12)11(16-4)9(2)3/h9-11,13H,5-8,12H2,1-4H3. The van der Waals surface area contributed by atoms with Crippen molar-refractivity contribution in [2.45, 2.75) is 45.8 Å². The van der Waals surface area contributed by atoms with Gasteiger partial charge in [-0.25, -0.2) is 8.42 Å². The summed E-state index contributed by atoms with van der Waals surface area (Å²) in [6, 6.07) is -0.00736. The van der Waals surface area contributed by atoms with E-state index in [0.717, 1.165) is 0 Å². The molecule has 17 heavy (non-hydrogen) atoms. The van der Waals surface area contributed by atoms with Gasteiger partial charge >= 0.3 is 0 Å². The van der Waals surface area contributed by atoms with E-state index in [-0.39, 0.29) is 23.7 Å². The molecule has 0 bridgehead atoms. The lowest BCUT2D eigenvalue weighted by Crippen LogP contribution is -2.47. The molecule has 0 amide bonds. The summed E-state index contributed by atoms with van der Waals surface area (Å²) in [5.74, 6) is 6.25. The Kier molecular flexibility index (Phi) is 7.94. The summed E-state index contributed by atoms with van der Waals surface area (Å²) in [7, 11) is -1.23. The lowest BCUT2D eigenvalue weighted by molar-refractivity contribution is 0.0305. The minimum absolute atomic E-state index is 0.00401. The van der Waals surface area contributed by atoms with E-state index >= 15 is 0 Å². The van der Waals surface area contributed by atoms with Gasteiger partial charge in [0.15, 0.2) is 0 Å². The third-order valence-electron chi connectivity index (χ3n) is 2.95. The Labute approximate surface area is 105 Å². The van der Waals surface area contributed by atoms with Crippen molar-refractivity contribution in [1.29, 1.82) is 0 Å². The van der Waals surface area contributed by atoms with E-state index in [9.17, 15) is 8.42 Å². The first kappa shape index (κ1) is 16.8. The van der Waals surface area contributed by atoms with Crippen molar-refractivity contribution in [3.63, 3.8) is 0 Å². The van der Waals surface area contributed by atoms with Crippen LogP contribution in [0.25, 0.3) is 0 Å². The molecule has 0 aromatic rings. The number of sulfone groups is 1. The molecule has 0 fully saturated rings. The van der Waals surface area contributed by atoms with E-state index in [4.69, 9.17) is 10.6 Å². The Balaban J connectivity index is 4.23. The average molecular weight is 266 g/mol. The maximum atomic E-state index is 11.4. The Morgan fingerprint density at radius 3 is 2.29 bits per heavy atom.